The molecule has 0 amide bonds. The van der Waals surface area contributed by atoms with Gasteiger partial charge in [-0.2, -0.15) is 4.98 Å². The summed E-state index contributed by atoms with van der Waals surface area (Å²) in [6.07, 6.45) is 3.21. The molecule has 0 unspecified atom stereocenters. The van der Waals surface area contributed by atoms with Crippen LogP contribution < -0.4 is 10.5 Å². The maximum Gasteiger partial charge on any atom is 0.420 e. The third-order valence-electron chi connectivity index (χ3n) is 5.81. The Labute approximate surface area is 184 Å². The Morgan fingerprint density at radius 3 is 2.69 bits per heavy atom. The van der Waals surface area contributed by atoms with Gasteiger partial charge >= 0.3 is 5.76 Å². The molecular weight excluding hydrogens is 432 g/mol. The summed E-state index contributed by atoms with van der Waals surface area (Å²) >= 11 is 0. The highest BCUT2D eigenvalue weighted by molar-refractivity contribution is 7.92. The Bertz CT molecular complexity index is 1480. The van der Waals surface area contributed by atoms with E-state index in [1.54, 1.807) is 12.1 Å². The van der Waals surface area contributed by atoms with Crippen LogP contribution in [0.3, 0.4) is 0 Å². The Morgan fingerprint density at radius 1 is 1.16 bits per heavy atom. The molecule has 32 heavy (non-hydrogen) atoms. The molecule has 4 aromatic rings. The van der Waals surface area contributed by atoms with Gasteiger partial charge < -0.3 is 8.94 Å². The summed E-state index contributed by atoms with van der Waals surface area (Å²) in [6, 6.07) is 9.78. The predicted octanol–water partition coefficient (Wildman–Crippen LogP) is 3.71. The third kappa shape index (κ3) is 3.70. The average molecular weight is 455 g/mol. The highest BCUT2D eigenvalue weighted by Gasteiger charge is 2.26. The Kier molecular flexibility index (Phi) is 4.89. The molecule has 2 aromatic heterocycles. The minimum Gasteiger partial charge on any atom is -0.408 e. The molecule has 9 nitrogen and oxygen atoms in total. The molecule has 1 fully saturated rings. The lowest BCUT2D eigenvalue weighted by Gasteiger charge is -2.20. The van der Waals surface area contributed by atoms with Crippen molar-refractivity contribution in [2.24, 2.45) is 0 Å². The van der Waals surface area contributed by atoms with Gasteiger partial charge in [-0.05, 0) is 50.5 Å². The molecule has 2 heterocycles. The monoisotopic (exact) mass is 454 g/mol. The molecule has 5 rings (SSSR count). The Morgan fingerprint density at radius 2 is 1.97 bits per heavy atom. The molecule has 0 saturated heterocycles. The van der Waals surface area contributed by atoms with E-state index in [0.29, 0.717) is 28.8 Å². The highest BCUT2D eigenvalue weighted by atomic mass is 32.2. The second-order valence-corrected chi connectivity index (χ2v) is 9.87. The molecule has 0 aliphatic heterocycles. The molecule has 166 valence electrons. The normalized spacial score (nSPS) is 14.6. The summed E-state index contributed by atoms with van der Waals surface area (Å²) in [5.41, 5.74) is 2.97. The van der Waals surface area contributed by atoms with Crippen molar-refractivity contribution in [2.45, 2.75) is 50.5 Å². The first-order valence-electron chi connectivity index (χ1n) is 10.4. The lowest BCUT2D eigenvalue weighted by atomic mass is 9.85. The summed E-state index contributed by atoms with van der Waals surface area (Å²) < 4.78 is 40.4. The standard InChI is InChI=1S/C22H22N4O5S/c1-13-6-8-17(14(2)10-13)25-32(28,29)16-7-9-18-19(11-16)30-22(27)26(18)12-20-23-21(31-24-20)15-4-3-5-15/h6-11,15,25H,3-5,12H2,1-2H3. The number of oxazole rings is 1. The summed E-state index contributed by atoms with van der Waals surface area (Å²) in [7, 11) is -3.87. The number of rotatable bonds is 6. The molecule has 0 spiro atoms. The number of fused-ring (bicyclic) bond motifs is 1. The van der Waals surface area contributed by atoms with Gasteiger partial charge in [-0.3, -0.25) is 9.29 Å². The molecule has 10 heteroatoms. The topological polar surface area (TPSA) is 120 Å². The number of aryl methyl sites for hydroxylation is 2. The van der Waals surface area contributed by atoms with Gasteiger partial charge in [-0.15, -0.1) is 0 Å². The van der Waals surface area contributed by atoms with Crippen LogP contribution in [0.15, 0.2) is 55.0 Å². The third-order valence-corrected chi connectivity index (χ3v) is 7.18. The van der Waals surface area contributed by atoms with Crippen LogP contribution in [0.25, 0.3) is 11.1 Å². The molecule has 1 aliphatic carbocycles. The molecule has 1 N–H and O–H groups in total. The first kappa shape index (κ1) is 20.5. The molecule has 0 bridgehead atoms. The van der Waals surface area contributed by atoms with Crippen molar-refractivity contribution < 1.29 is 17.4 Å². The van der Waals surface area contributed by atoms with Gasteiger partial charge in [-0.1, -0.05) is 29.3 Å². The van der Waals surface area contributed by atoms with Crippen LogP contribution in [-0.4, -0.2) is 23.1 Å². The Balaban J connectivity index is 1.43. The second kappa shape index (κ2) is 7.63. The fraction of sp³-hybridized carbons (Fsp3) is 0.318. The van der Waals surface area contributed by atoms with E-state index >= 15 is 0 Å². The molecule has 0 atom stereocenters. The van der Waals surface area contributed by atoms with Crippen molar-refractivity contribution in [3.63, 3.8) is 0 Å². The highest BCUT2D eigenvalue weighted by Crippen LogP contribution is 2.35. The van der Waals surface area contributed by atoms with Crippen molar-refractivity contribution in [3.8, 4) is 0 Å². The van der Waals surface area contributed by atoms with E-state index in [2.05, 4.69) is 14.9 Å². The number of anilines is 1. The van der Waals surface area contributed by atoms with E-state index in [1.807, 2.05) is 26.0 Å². The number of nitrogens with one attached hydrogen (secondary N) is 1. The van der Waals surface area contributed by atoms with Crippen molar-refractivity contribution in [3.05, 3.63) is 69.8 Å². The first-order valence-corrected chi connectivity index (χ1v) is 11.8. The zero-order valence-electron chi connectivity index (χ0n) is 17.7. The van der Waals surface area contributed by atoms with Crippen molar-refractivity contribution in [2.75, 3.05) is 4.72 Å². The molecule has 1 aliphatic rings. The van der Waals surface area contributed by atoms with E-state index < -0.39 is 15.8 Å². The number of aromatic nitrogens is 3. The fourth-order valence-corrected chi connectivity index (χ4v) is 4.94. The Hall–Kier alpha value is -3.40. The zero-order chi connectivity index (χ0) is 22.5. The summed E-state index contributed by atoms with van der Waals surface area (Å²) in [4.78, 5) is 16.8. The largest absolute Gasteiger partial charge is 0.420 e. The minimum atomic E-state index is -3.87. The van der Waals surface area contributed by atoms with Gasteiger partial charge in [0.2, 0.25) is 5.89 Å². The van der Waals surface area contributed by atoms with E-state index in [-0.39, 0.29) is 17.0 Å². The minimum absolute atomic E-state index is 0.00212. The summed E-state index contributed by atoms with van der Waals surface area (Å²) in [5.74, 6) is 0.654. The smallest absolute Gasteiger partial charge is 0.408 e. The zero-order valence-corrected chi connectivity index (χ0v) is 18.5. The maximum absolute atomic E-state index is 12.9. The molecule has 0 radical (unpaired) electrons. The maximum atomic E-state index is 12.9. The number of benzene rings is 2. The van der Waals surface area contributed by atoms with Crippen molar-refractivity contribution >= 4 is 26.8 Å². The quantitative estimate of drug-likeness (QED) is 0.471. The van der Waals surface area contributed by atoms with Crippen LogP contribution in [-0.2, 0) is 16.6 Å². The van der Waals surface area contributed by atoms with Crippen LogP contribution >= 0.6 is 0 Å². The van der Waals surface area contributed by atoms with Gasteiger partial charge in [0.15, 0.2) is 11.4 Å². The van der Waals surface area contributed by atoms with Crippen molar-refractivity contribution in [1.29, 1.82) is 0 Å². The number of sulfonamides is 1. The van der Waals surface area contributed by atoms with Crippen LogP contribution in [0.1, 0.15) is 48.0 Å². The molecule has 2 aromatic carbocycles. The van der Waals surface area contributed by atoms with Gasteiger partial charge in [0.1, 0.15) is 0 Å². The predicted molar refractivity (Wildman–Crippen MR) is 117 cm³/mol. The average Bonchev–Trinajstić information content (AvgIpc) is 3.27. The van der Waals surface area contributed by atoms with Gasteiger partial charge in [0.25, 0.3) is 10.0 Å². The van der Waals surface area contributed by atoms with E-state index in [4.69, 9.17) is 8.94 Å². The van der Waals surface area contributed by atoms with Gasteiger partial charge in [0.05, 0.1) is 22.6 Å². The lowest BCUT2D eigenvalue weighted by Crippen LogP contribution is -2.16. The van der Waals surface area contributed by atoms with E-state index in [0.717, 1.165) is 30.4 Å². The molecular formula is C22H22N4O5S. The molecule has 1 saturated carbocycles. The fourth-order valence-electron chi connectivity index (χ4n) is 3.79. The lowest BCUT2D eigenvalue weighted by molar-refractivity contribution is 0.291. The van der Waals surface area contributed by atoms with Crippen LogP contribution in [0.5, 0.6) is 0 Å². The SMILES string of the molecule is Cc1ccc(NS(=O)(=O)c2ccc3c(c2)oc(=O)n3Cc2noc(C3CCC3)n2)c(C)c1. The van der Waals surface area contributed by atoms with Gasteiger partial charge in [0, 0.05) is 12.0 Å². The first-order chi connectivity index (χ1) is 15.3. The van der Waals surface area contributed by atoms with E-state index in [1.165, 1.54) is 16.7 Å². The second-order valence-electron chi connectivity index (χ2n) is 8.18. The van der Waals surface area contributed by atoms with Gasteiger partial charge in [-0.25, -0.2) is 13.2 Å². The van der Waals surface area contributed by atoms with Crippen LogP contribution in [0, 0.1) is 13.8 Å². The van der Waals surface area contributed by atoms with Crippen LogP contribution in [0.2, 0.25) is 0 Å². The van der Waals surface area contributed by atoms with Crippen LogP contribution in [0.4, 0.5) is 5.69 Å². The summed E-state index contributed by atoms with van der Waals surface area (Å²) in [6.45, 7) is 3.85. The van der Waals surface area contributed by atoms with E-state index in [9.17, 15) is 13.2 Å². The number of hydrogen-bond acceptors (Lipinski definition) is 7. The summed E-state index contributed by atoms with van der Waals surface area (Å²) in [5, 5.41) is 3.97. The number of hydrogen-bond donors (Lipinski definition) is 1. The van der Waals surface area contributed by atoms with Crippen molar-refractivity contribution in [1.82, 2.24) is 14.7 Å². The number of nitrogens with zero attached hydrogens (tertiary/aromatic N) is 3.